The van der Waals surface area contributed by atoms with Crippen molar-refractivity contribution in [3.05, 3.63) is 12.1 Å². The van der Waals surface area contributed by atoms with Gasteiger partial charge in [-0.1, -0.05) is 0 Å². The second kappa shape index (κ2) is 7.42. The van der Waals surface area contributed by atoms with Crippen molar-refractivity contribution < 1.29 is 9.53 Å². The van der Waals surface area contributed by atoms with Gasteiger partial charge in [0.2, 0.25) is 5.88 Å². The SMILES string of the molecule is CC(C)Oc1nc(NCCNC(=O)N(C)C)ccc1N. The minimum absolute atomic E-state index is 0.0134. The Hall–Kier alpha value is -2.18. The molecule has 0 aliphatic heterocycles. The fraction of sp³-hybridized carbons (Fsp3) is 0.538. The second-order valence-corrected chi connectivity index (χ2v) is 4.81. The van der Waals surface area contributed by atoms with Crippen LogP contribution in [0.15, 0.2) is 12.1 Å². The summed E-state index contributed by atoms with van der Waals surface area (Å²) in [7, 11) is 3.39. The van der Waals surface area contributed by atoms with Crippen LogP contribution in [0, 0.1) is 0 Å². The van der Waals surface area contributed by atoms with E-state index < -0.39 is 0 Å². The van der Waals surface area contributed by atoms with Gasteiger partial charge in [-0.15, -0.1) is 0 Å². The zero-order chi connectivity index (χ0) is 15.1. The van der Waals surface area contributed by atoms with Crippen molar-refractivity contribution in [1.82, 2.24) is 15.2 Å². The maximum atomic E-state index is 11.3. The number of hydrogen-bond acceptors (Lipinski definition) is 5. The molecule has 1 aromatic rings. The Kier molecular flexibility index (Phi) is 5.89. The first-order valence-corrected chi connectivity index (χ1v) is 6.52. The number of nitrogens with one attached hydrogen (secondary N) is 2. The van der Waals surface area contributed by atoms with E-state index in [1.54, 1.807) is 26.2 Å². The summed E-state index contributed by atoms with van der Waals surface area (Å²) in [6, 6.07) is 3.39. The number of amides is 2. The second-order valence-electron chi connectivity index (χ2n) is 4.81. The molecule has 7 heteroatoms. The van der Waals surface area contributed by atoms with Crippen LogP contribution in [0.4, 0.5) is 16.3 Å². The Bertz CT molecular complexity index is 448. The smallest absolute Gasteiger partial charge is 0.316 e. The first-order chi connectivity index (χ1) is 9.40. The average Bonchev–Trinajstić information content (AvgIpc) is 2.37. The van der Waals surface area contributed by atoms with Crippen LogP contribution in [0.2, 0.25) is 0 Å². The van der Waals surface area contributed by atoms with Crippen LogP contribution in [0.1, 0.15) is 13.8 Å². The van der Waals surface area contributed by atoms with Gasteiger partial charge in [0.25, 0.3) is 0 Å². The summed E-state index contributed by atoms with van der Waals surface area (Å²) in [4.78, 5) is 17.1. The number of hydrogen-bond donors (Lipinski definition) is 3. The van der Waals surface area contributed by atoms with Crippen LogP contribution in [0.5, 0.6) is 5.88 Å². The van der Waals surface area contributed by atoms with Gasteiger partial charge in [0.15, 0.2) is 0 Å². The van der Waals surface area contributed by atoms with Crippen LogP contribution >= 0.6 is 0 Å². The third kappa shape index (κ3) is 5.21. The normalized spacial score (nSPS) is 10.2. The molecule has 1 rings (SSSR count). The molecule has 0 bridgehead atoms. The predicted octanol–water partition coefficient (Wildman–Crippen LogP) is 1.13. The molecule has 0 atom stereocenters. The minimum Gasteiger partial charge on any atom is -0.473 e. The maximum absolute atomic E-state index is 11.3. The highest BCUT2D eigenvalue weighted by atomic mass is 16.5. The van der Waals surface area contributed by atoms with Crippen LogP contribution < -0.4 is 21.1 Å². The fourth-order valence-electron chi connectivity index (χ4n) is 1.39. The highest BCUT2D eigenvalue weighted by Crippen LogP contribution is 2.21. The molecule has 20 heavy (non-hydrogen) atoms. The summed E-state index contributed by atoms with van der Waals surface area (Å²) in [6.45, 7) is 4.90. The lowest BCUT2D eigenvalue weighted by atomic mass is 10.4. The summed E-state index contributed by atoms with van der Waals surface area (Å²) in [5.74, 6) is 1.08. The molecule has 0 radical (unpaired) electrons. The molecule has 0 aromatic carbocycles. The Morgan fingerprint density at radius 3 is 2.70 bits per heavy atom. The lowest BCUT2D eigenvalue weighted by Crippen LogP contribution is -2.37. The van der Waals surface area contributed by atoms with Crippen molar-refractivity contribution >= 4 is 17.5 Å². The number of nitrogen functional groups attached to an aromatic ring is 1. The Morgan fingerprint density at radius 2 is 2.10 bits per heavy atom. The van der Waals surface area contributed by atoms with Crippen LogP contribution in [0.25, 0.3) is 0 Å². The number of nitrogens with zero attached hydrogens (tertiary/aromatic N) is 2. The summed E-state index contributed by atoms with van der Waals surface area (Å²) in [6.07, 6.45) is 0.0134. The van der Waals surface area contributed by atoms with E-state index in [4.69, 9.17) is 10.5 Å². The molecular formula is C13H23N5O2. The number of urea groups is 1. The number of carbonyl (C=O) groups is 1. The predicted molar refractivity (Wildman–Crippen MR) is 80.0 cm³/mol. The van der Waals surface area contributed by atoms with Gasteiger partial charge >= 0.3 is 6.03 Å². The minimum atomic E-state index is -0.124. The molecule has 2 amide bonds. The highest BCUT2D eigenvalue weighted by molar-refractivity contribution is 5.73. The van der Waals surface area contributed by atoms with E-state index in [1.807, 2.05) is 13.8 Å². The third-order valence-corrected chi connectivity index (χ3v) is 2.35. The van der Waals surface area contributed by atoms with Crippen molar-refractivity contribution in [3.8, 4) is 5.88 Å². The van der Waals surface area contributed by atoms with E-state index in [0.29, 0.717) is 30.5 Å². The van der Waals surface area contributed by atoms with Crippen LogP contribution in [0.3, 0.4) is 0 Å². The number of anilines is 2. The number of carbonyl (C=O) groups excluding carboxylic acids is 1. The zero-order valence-corrected chi connectivity index (χ0v) is 12.4. The summed E-state index contributed by atoms with van der Waals surface area (Å²) in [5, 5.41) is 5.85. The largest absolute Gasteiger partial charge is 0.473 e. The van der Waals surface area contributed by atoms with Gasteiger partial charge < -0.3 is 26.0 Å². The highest BCUT2D eigenvalue weighted by Gasteiger charge is 2.06. The van der Waals surface area contributed by atoms with Gasteiger partial charge in [-0.05, 0) is 26.0 Å². The molecule has 4 N–H and O–H groups in total. The molecule has 0 spiro atoms. The Morgan fingerprint density at radius 1 is 1.40 bits per heavy atom. The van der Waals surface area contributed by atoms with Gasteiger partial charge in [0.1, 0.15) is 5.82 Å². The molecular weight excluding hydrogens is 258 g/mol. The quantitative estimate of drug-likeness (QED) is 0.680. The molecule has 0 unspecified atom stereocenters. The molecule has 0 aliphatic carbocycles. The first kappa shape index (κ1) is 15.9. The molecule has 112 valence electrons. The van der Waals surface area contributed by atoms with Crippen LogP contribution in [-0.4, -0.2) is 49.2 Å². The number of pyridine rings is 1. The van der Waals surface area contributed by atoms with Gasteiger partial charge in [0.05, 0.1) is 11.8 Å². The standard InChI is InChI=1S/C13H23N5O2/c1-9(2)20-12-10(14)5-6-11(17-12)15-7-8-16-13(19)18(3)4/h5-6,9H,7-8,14H2,1-4H3,(H,15,17)(H,16,19). The van der Waals surface area contributed by atoms with Gasteiger partial charge in [-0.2, -0.15) is 4.98 Å². The molecule has 7 nitrogen and oxygen atoms in total. The van der Waals surface area contributed by atoms with Crippen LogP contribution in [-0.2, 0) is 0 Å². The van der Waals surface area contributed by atoms with Crippen molar-refractivity contribution in [3.63, 3.8) is 0 Å². The number of ether oxygens (including phenoxy) is 1. The van der Waals surface area contributed by atoms with Gasteiger partial charge in [-0.3, -0.25) is 0 Å². The molecule has 0 saturated carbocycles. The average molecular weight is 281 g/mol. The Balaban J connectivity index is 2.46. The summed E-state index contributed by atoms with van der Waals surface area (Å²) >= 11 is 0. The van der Waals surface area contributed by atoms with Crippen molar-refractivity contribution in [2.45, 2.75) is 20.0 Å². The topological polar surface area (TPSA) is 92.5 Å². The zero-order valence-electron chi connectivity index (χ0n) is 12.4. The van der Waals surface area contributed by atoms with Gasteiger partial charge in [0, 0.05) is 27.2 Å². The third-order valence-electron chi connectivity index (χ3n) is 2.35. The molecule has 0 saturated heterocycles. The first-order valence-electron chi connectivity index (χ1n) is 6.52. The summed E-state index contributed by atoms with van der Waals surface area (Å²) in [5.41, 5.74) is 6.29. The molecule has 1 heterocycles. The van der Waals surface area contributed by atoms with E-state index >= 15 is 0 Å². The lowest BCUT2D eigenvalue weighted by molar-refractivity contribution is 0.218. The lowest BCUT2D eigenvalue weighted by Gasteiger charge is -2.14. The number of aromatic nitrogens is 1. The van der Waals surface area contributed by atoms with E-state index in [1.165, 1.54) is 4.90 Å². The van der Waals surface area contributed by atoms with E-state index in [0.717, 1.165) is 0 Å². The van der Waals surface area contributed by atoms with Crippen molar-refractivity contribution in [2.75, 3.05) is 38.2 Å². The van der Waals surface area contributed by atoms with Crippen molar-refractivity contribution in [2.24, 2.45) is 0 Å². The van der Waals surface area contributed by atoms with Crippen molar-refractivity contribution in [1.29, 1.82) is 0 Å². The molecule has 0 fully saturated rings. The maximum Gasteiger partial charge on any atom is 0.316 e. The number of rotatable bonds is 6. The summed E-state index contributed by atoms with van der Waals surface area (Å²) < 4.78 is 5.51. The Labute approximate surface area is 119 Å². The van der Waals surface area contributed by atoms with Gasteiger partial charge in [-0.25, -0.2) is 4.79 Å². The monoisotopic (exact) mass is 281 g/mol. The van der Waals surface area contributed by atoms with E-state index in [2.05, 4.69) is 15.6 Å². The fourth-order valence-corrected chi connectivity index (χ4v) is 1.39. The molecule has 0 aliphatic rings. The molecule has 1 aromatic heterocycles. The number of nitrogens with two attached hydrogens (primary N) is 1. The van der Waals surface area contributed by atoms with E-state index in [9.17, 15) is 4.79 Å². The van der Waals surface area contributed by atoms with E-state index in [-0.39, 0.29) is 12.1 Å².